The number of carbonyl (C=O) groups excluding carboxylic acids is 1. The topological polar surface area (TPSA) is 17.1 Å². The van der Waals surface area contributed by atoms with Crippen molar-refractivity contribution in [2.75, 3.05) is 0 Å². The van der Waals surface area contributed by atoms with Crippen LogP contribution >= 0.6 is 34.8 Å². The van der Waals surface area contributed by atoms with E-state index in [4.69, 9.17) is 34.8 Å². The van der Waals surface area contributed by atoms with E-state index in [0.29, 0.717) is 6.42 Å². The fourth-order valence-electron chi connectivity index (χ4n) is 1.25. The molecule has 0 bridgehead atoms. The van der Waals surface area contributed by atoms with E-state index in [9.17, 15) is 4.79 Å². The van der Waals surface area contributed by atoms with Crippen LogP contribution in [0, 0.1) is 0 Å². The molecule has 1 unspecified atom stereocenters. The number of Topliss-reactive ketones (excluding diaryl/α,β-unsaturated/α-hetero) is 1. The van der Waals surface area contributed by atoms with Gasteiger partial charge in [0.05, 0.1) is 0 Å². The average Bonchev–Trinajstić information content (AvgIpc) is 2.18. The summed E-state index contributed by atoms with van der Waals surface area (Å²) in [5, 5.41) is -0.250. The second-order valence-corrected chi connectivity index (χ2v) is 4.97. The van der Waals surface area contributed by atoms with Gasteiger partial charge in [-0.05, 0) is 12.0 Å². The van der Waals surface area contributed by atoms with Crippen LogP contribution in [-0.4, -0.2) is 16.0 Å². The summed E-state index contributed by atoms with van der Waals surface area (Å²) in [5.74, 6) is -0.228. The van der Waals surface area contributed by atoms with Crippen LogP contribution in [0.25, 0.3) is 0 Å². The number of alkyl halides is 3. The van der Waals surface area contributed by atoms with E-state index in [1.54, 1.807) is 0 Å². The lowest BCUT2D eigenvalue weighted by atomic mass is 10.1. The molecule has 15 heavy (non-hydrogen) atoms. The fourth-order valence-corrected chi connectivity index (χ4v) is 1.76. The summed E-state index contributed by atoms with van der Waals surface area (Å²) in [5.41, 5.74) is 1.10. The maximum atomic E-state index is 11.2. The summed E-state index contributed by atoms with van der Waals surface area (Å²) < 4.78 is 0. The van der Waals surface area contributed by atoms with E-state index < -0.39 is 4.84 Å². The van der Waals surface area contributed by atoms with Crippen molar-refractivity contribution in [3.05, 3.63) is 35.9 Å². The molecule has 0 saturated carbocycles. The fraction of sp³-hybridized carbons (Fsp3) is 0.364. The van der Waals surface area contributed by atoms with Gasteiger partial charge in [-0.2, -0.15) is 0 Å². The molecule has 82 valence electrons. The second-order valence-electron chi connectivity index (χ2n) is 3.26. The van der Waals surface area contributed by atoms with Crippen molar-refractivity contribution in [1.82, 2.24) is 0 Å². The Morgan fingerprint density at radius 1 is 1.13 bits per heavy atom. The first-order valence-electron chi connectivity index (χ1n) is 4.58. The smallest absolute Gasteiger partial charge is 0.167 e. The van der Waals surface area contributed by atoms with E-state index in [2.05, 4.69) is 0 Å². The summed E-state index contributed by atoms with van der Waals surface area (Å²) >= 11 is 16.9. The van der Waals surface area contributed by atoms with E-state index in [0.717, 1.165) is 5.56 Å². The van der Waals surface area contributed by atoms with Crippen molar-refractivity contribution < 1.29 is 4.79 Å². The predicted octanol–water partition coefficient (Wildman–Crippen LogP) is 3.60. The molecule has 0 radical (unpaired) electrons. The van der Waals surface area contributed by atoms with Crippen molar-refractivity contribution >= 4 is 40.6 Å². The van der Waals surface area contributed by atoms with Crippen LogP contribution in [0.2, 0.25) is 0 Å². The largest absolute Gasteiger partial charge is 0.297 e. The highest BCUT2D eigenvalue weighted by Gasteiger charge is 2.16. The quantitative estimate of drug-likeness (QED) is 0.744. The Balaban J connectivity index is 2.43. The van der Waals surface area contributed by atoms with Crippen LogP contribution in [-0.2, 0) is 11.2 Å². The third kappa shape index (κ3) is 4.87. The molecule has 0 fully saturated rings. The summed E-state index contributed by atoms with van der Waals surface area (Å²) in [6.45, 7) is 0. The Hall–Kier alpha value is -0.240. The standard InChI is InChI=1S/C11H11Cl3O/c12-9(7-10(15)11(13)14)6-8-4-2-1-3-5-8/h1-5,9,11H,6-7H2. The van der Waals surface area contributed by atoms with Gasteiger partial charge in [0.15, 0.2) is 10.6 Å². The average molecular weight is 266 g/mol. The Kier molecular flexibility index (Phi) is 5.44. The Bertz CT molecular complexity index is 311. The zero-order valence-electron chi connectivity index (χ0n) is 8.00. The highest BCUT2D eigenvalue weighted by atomic mass is 35.5. The molecule has 0 aliphatic heterocycles. The van der Waals surface area contributed by atoms with Gasteiger partial charge in [0.1, 0.15) is 0 Å². The minimum absolute atomic E-state index is 0.202. The maximum absolute atomic E-state index is 11.2. The zero-order chi connectivity index (χ0) is 11.3. The summed E-state index contributed by atoms with van der Waals surface area (Å²) in [6, 6.07) is 9.75. The molecular formula is C11H11Cl3O. The van der Waals surface area contributed by atoms with E-state index in [1.165, 1.54) is 0 Å². The molecule has 1 atom stereocenters. The van der Waals surface area contributed by atoms with Crippen LogP contribution in [0.1, 0.15) is 12.0 Å². The molecule has 0 aromatic heterocycles. The summed E-state index contributed by atoms with van der Waals surface area (Å²) in [6.07, 6.45) is 0.850. The first-order valence-corrected chi connectivity index (χ1v) is 5.89. The molecule has 0 heterocycles. The molecule has 0 N–H and O–H groups in total. The Morgan fingerprint density at radius 3 is 2.27 bits per heavy atom. The van der Waals surface area contributed by atoms with Gasteiger partial charge in [-0.25, -0.2) is 0 Å². The van der Waals surface area contributed by atoms with Crippen LogP contribution < -0.4 is 0 Å². The number of hydrogen-bond acceptors (Lipinski definition) is 1. The minimum atomic E-state index is -0.970. The zero-order valence-corrected chi connectivity index (χ0v) is 10.3. The van der Waals surface area contributed by atoms with Gasteiger partial charge < -0.3 is 0 Å². The molecule has 1 aromatic rings. The number of benzene rings is 1. The molecular weight excluding hydrogens is 254 g/mol. The van der Waals surface area contributed by atoms with Gasteiger partial charge in [0, 0.05) is 11.8 Å². The van der Waals surface area contributed by atoms with Crippen LogP contribution in [0.4, 0.5) is 0 Å². The highest BCUT2D eigenvalue weighted by Crippen LogP contribution is 2.15. The molecule has 0 saturated heterocycles. The highest BCUT2D eigenvalue weighted by molar-refractivity contribution is 6.53. The van der Waals surface area contributed by atoms with Gasteiger partial charge in [0.25, 0.3) is 0 Å². The van der Waals surface area contributed by atoms with Crippen molar-refractivity contribution in [3.63, 3.8) is 0 Å². The lowest BCUT2D eigenvalue weighted by Crippen LogP contribution is -2.15. The molecule has 1 nitrogen and oxygen atoms in total. The van der Waals surface area contributed by atoms with Crippen LogP contribution in [0.3, 0.4) is 0 Å². The number of ketones is 1. The van der Waals surface area contributed by atoms with E-state index in [1.807, 2.05) is 30.3 Å². The lowest BCUT2D eigenvalue weighted by molar-refractivity contribution is -0.117. The van der Waals surface area contributed by atoms with Gasteiger partial charge in [-0.15, -0.1) is 11.6 Å². The molecule has 1 rings (SSSR count). The van der Waals surface area contributed by atoms with Crippen molar-refractivity contribution in [2.24, 2.45) is 0 Å². The monoisotopic (exact) mass is 264 g/mol. The predicted molar refractivity (Wildman–Crippen MR) is 64.9 cm³/mol. The Morgan fingerprint density at radius 2 is 1.73 bits per heavy atom. The first kappa shape index (κ1) is 12.8. The van der Waals surface area contributed by atoms with Crippen LogP contribution in [0.15, 0.2) is 30.3 Å². The molecule has 1 aromatic carbocycles. The third-order valence-electron chi connectivity index (χ3n) is 1.97. The molecule has 0 aliphatic rings. The van der Waals surface area contributed by atoms with Gasteiger partial charge in [-0.1, -0.05) is 53.5 Å². The SMILES string of the molecule is O=C(CC(Cl)Cc1ccccc1)C(Cl)Cl. The molecule has 4 heteroatoms. The van der Waals surface area contributed by atoms with Crippen molar-refractivity contribution in [3.8, 4) is 0 Å². The van der Waals surface area contributed by atoms with Gasteiger partial charge in [0.2, 0.25) is 0 Å². The maximum Gasteiger partial charge on any atom is 0.167 e. The van der Waals surface area contributed by atoms with Gasteiger partial charge >= 0.3 is 0 Å². The minimum Gasteiger partial charge on any atom is -0.297 e. The third-order valence-corrected chi connectivity index (χ3v) is 2.76. The van der Waals surface area contributed by atoms with Crippen molar-refractivity contribution in [1.29, 1.82) is 0 Å². The normalized spacial score (nSPS) is 12.8. The lowest BCUT2D eigenvalue weighted by Gasteiger charge is -2.08. The molecule has 0 amide bonds. The number of hydrogen-bond donors (Lipinski definition) is 0. The van der Waals surface area contributed by atoms with E-state index >= 15 is 0 Å². The molecule has 0 spiro atoms. The van der Waals surface area contributed by atoms with Crippen molar-refractivity contribution in [2.45, 2.75) is 23.1 Å². The van der Waals surface area contributed by atoms with Gasteiger partial charge in [-0.3, -0.25) is 4.79 Å². The van der Waals surface area contributed by atoms with E-state index in [-0.39, 0.29) is 17.6 Å². The molecule has 0 aliphatic carbocycles. The summed E-state index contributed by atoms with van der Waals surface area (Å²) in [7, 11) is 0. The Labute approximate surface area is 104 Å². The number of rotatable bonds is 5. The number of halogens is 3. The second kappa shape index (κ2) is 6.37. The number of carbonyl (C=O) groups is 1. The summed E-state index contributed by atoms with van der Waals surface area (Å²) in [4.78, 5) is 10.2. The first-order chi connectivity index (χ1) is 7.09. The van der Waals surface area contributed by atoms with Crippen LogP contribution in [0.5, 0.6) is 0 Å².